The molecule has 1 aromatic heterocycles. The lowest BCUT2D eigenvalue weighted by Gasteiger charge is -2.49. The van der Waals surface area contributed by atoms with Crippen LogP contribution in [0.2, 0.25) is 0 Å². The Morgan fingerprint density at radius 3 is 2.52 bits per heavy atom. The predicted octanol–water partition coefficient (Wildman–Crippen LogP) is 3.89. The number of aromatic nitrogens is 1. The highest BCUT2D eigenvalue weighted by Crippen LogP contribution is 2.30. The zero-order valence-corrected chi connectivity index (χ0v) is 15.1. The van der Waals surface area contributed by atoms with E-state index in [-0.39, 0.29) is 0 Å². The molecule has 0 amide bonds. The van der Waals surface area contributed by atoms with Gasteiger partial charge in [-0.05, 0) is 33.1 Å². The van der Waals surface area contributed by atoms with Crippen molar-refractivity contribution in [3.05, 3.63) is 15.6 Å². The second-order valence-corrected chi connectivity index (χ2v) is 7.72. The van der Waals surface area contributed by atoms with Gasteiger partial charge >= 0.3 is 0 Å². The normalized spacial score (nSPS) is 22.6. The quantitative estimate of drug-likeness (QED) is 0.864. The minimum Gasteiger partial charge on any atom is -0.311 e. The first-order valence-electron chi connectivity index (χ1n) is 8.46. The van der Waals surface area contributed by atoms with Crippen molar-refractivity contribution < 1.29 is 0 Å². The average Bonchev–Trinajstić information content (AvgIpc) is 2.79. The minimum atomic E-state index is 0.303. The molecule has 1 aliphatic heterocycles. The van der Waals surface area contributed by atoms with Crippen molar-refractivity contribution >= 4 is 11.3 Å². The van der Waals surface area contributed by atoms with Crippen LogP contribution in [0, 0.1) is 13.8 Å². The van der Waals surface area contributed by atoms with E-state index in [1.165, 1.54) is 41.3 Å². The van der Waals surface area contributed by atoms with E-state index in [2.05, 4.69) is 44.8 Å². The van der Waals surface area contributed by atoms with Gasteiger partial charge in [0.05, 0.1) is 12.2 Å². The molecular formula is C17H31N3S. The van der Waals surface area contributed by atoms with E-state index in [9.17, 15) is 0 Å². The minimum absolute atomic E-state index is 0.303. The monoisotopic (exact) mass is 309 g/mol. The molecule has 0 saturated carbocycles. The molecule has 1 aromatic rings. The summed E-state index contributed by atoms with van der Waals surface area (Å²) < 4.78 is 0. The molecule has 3 nitrogen and oxygen atoms in total. The van der Waals surface area contributed by atoms with Crippen LogP contribution in [0.3, 0.4) is 0 Å². The van der Waals surface area contributed by atoms with E-state index in [0.717, 1.165) is 19.6 Å². The zero-order chi connectivity index (χ0) is 15.5. The predicted molar refractivity (Wildman–Crippen MR) is 92.0 cm³/mol. The fourth-order valence-electron chi connectivity index (χ4n) is 3.46. The molecule has 1 fully saturated rings. The van der Waals surface area contributed by atoms with Gasteiger partial charge < -0.3 is 5.32 Å². The van der Waals surface area contributed by atoms with Crippen molar-refractivity contribution in [2.75, 3.05) is 13.1 Å². The molecule has 2 heterocycles. The number of piperazine rings is 1. The lowest BCUT2D eigenvalue weighted by atomic mass is 9.86. The lowest BCUT2D eigenvalue weighted by molar-refractivity contribution is 0.0227. The smallest absolute Gasteiger partial charge is 0.107 e. The average molecular weight is 310 g/mol. The van der Waals surface area contributed by atoms with Crippen LogP contribution in [-0.2, 0) is 6.54 Å². The van der Waals surface area contributed by atoms with Crippen molar-refractivity contribution in [1.29, 1.82) is 0 Å². The number of nitrogens with one attached hydrogen (secondary N) is 1. The van der Waals surface area contributed by atoms with E-state index in [0.29, 0.717) is 11.6 Å². The molecule has 1 aliphatic rings. The molecule has 0 aromatic carbocycles. The summed E-state index contributed by atoms with van der Waals surface area (Å²) in [4.78, 5) is 8.84. The summed E-state index contributed by atoms with van der Waals surface area (Å²) in [5.74, 6) is 0. The highest BCUT2D eigenvalue weighted by Gasteiger charge is 2.38. The lowest BCUT2D eigenvalue weighted by Crippen LogP contribution is -2.63. The maximum atomic E-state index is 4.77. The summed E-state index contributed by atoms with van der Waals surface area (Å²) in [7, 11) is 0. The molecule has 1 unspecified atom stereocenters. The van der Waals surface area contributed by atoms with Gasteiger partial charge in [-0.3, -0.25) is 4.90 Å². The van der Waals surface area contributed by atoms with Gasteiger partial charge in [0, 0.05) is 29.5 Å². The molecule has 0 bridgehead atoms. The maximum absolute atomic E-state index is 4.77. The van der Waals surface area contributed by atoms with E-state index in [1.54, 1.807) is 0 Å². The molecule has 0 spiro atoms. The van der Waals surface area contributed by atoms with Crippen molar-refractivity contribution in [3.8, 4) is 0 Å². The van der Waals surface area contributed by atoms with Crippen molar-refractivity contribution in [2.45, 2.75) is 78.4 Å². The van der Waals surface area contributed by atoms with Crippen molar-refractivity contribution in [2.24, 2.45) is 0 Å². The Balaban J connectivity index is 2.16. The number of aryl methyl sites for hydroxylation is 2. The Labute approximate surface area is 134 Å². The van der Waals surface area contributed by atoms with Crippen LogP contribution in [-0.4, -0.2) is 34.6 Å². The number of hydrogen-bond acceptors (Lipinski definition) is 4. The first-order valence-corrected chi connectivity index (χ1v) is 9.27. The van der Waals surface area contributed by atoms with Gasteiger partial charge in [0.2, 0.25) is 0 Å². The fraction of sp³-hybridized carbons (Fsp3) is 0.824. The molecule has 1 N–H and O–H groups in total. The Morgan fingerprint density at radius 1 is 1.29 bits per heavy atom. The molecular weight excluding hydrogens is 278 g/mol. The second kappa shape index (κ2) is 7.21. The molecule has 0 radical (unpaired) electrons. The molecule has 1 atom stereocenters. The first-order chi connectivity index (χ1) is 10.0. The Morgan fingerprint density at radius 2 is 2.00 bits per heavy atom. The molecule has 21 heavy (non-hydrogen) atoms. The molecule has 0 aliphatic carbocycles. The van der Waals surface area contributed by atoms with Crippen LogP contribution in [0.15, 0.2) is 0 Å². The third-order valence-electron chi connectivity index (χ3n) is 5.18. The Kier molecular flexibility index (Phi) is 5.81. The maximum Gasteiger partial charge on any atom is 0.107 e. The third kappa shape index (κ3) is 3.66. The SMILES string of the molecule is CCCC1CN(Cc2nc(C)c(C)s2)C(CC)(CC)CN1. The summed E-state index contributed by atoms with van der Waals surface area (Å²) >= 11 is 1.87. The van der Waals surface area contributed by atoms with Crippen LogP contribution < -0.4 is 5.32 Å². The number of hydrogen-bond donors (Lipinski definition) is 1. The topological polar surface area (TPSA) is 28.2 Å². The summed E-state index contributed by atoms with van der Waals surface area (Å²) in [5.41, 5.74) is 1.51. The van der Waals surface area contributed by atoms with Crippen LogP contribution in [0.4, 0.5) is 0 Å². The van der Waals surface area contributed by atoms with Crippen LogP contribution in [0.25, 0.3) is 0 Å². The summed E-state index contributed by atoms with van der Waals surface area (Å²) in [6.07, 6.45) is 4.94. The van der Waals surface area contributed by atoms with Crippen LogP contribution in [0.1, 0.15) is 62.0 Å². The Bertz CT molecular complexity index is 431. The molecule has 4 heteroatoms. The molecule has 2 rings (SSSR count). The third-order valence-corrected chi connectivity index (χ3v) is 6.24. The van der Waals surface area contributed by atoms with E-state index < -0.39 is 0 Å². The van der Waals surface area contributed by atoms with Gasteiger partial charge in [-0.2, -0.15) is 0 Å². The van der Waals surface area contributed by atoms with Crippen molar-refractivity contribution in [1.82, 2.24) is 15.2 Å². The van der Waals surface area contributed by atoms with Gasteiger partial charge in [0.15, 0.2) is 0 Å². The Hall–Kier alpha value is -0.450. The van der Waals surface area contributed by atoms with Gasteiger partial charge in [0.25, 0.3) is 0 Å². The highest BCUT2D eigenvalue weighted by atomic mass is 32.1. The molecule has 120 valence electrons. The summed E-state index contributed by atoms with van der Waals surface area (Å²) in [6.45, 7) is 14.5. The fourth-order valence-corrected chi connectivity index (χ4v) is 4.41. The van der Waals surface area contributed by atoms with Gasteiger partial charge in [0.1, 0.15) is 5.01 Å². The number of thiazole rings is 1. The van der Waals surface area contributed by atoms with Crippen LogP contribution >= 0.6 is 11.3 Å². The zero-order valence-electron chi connectivity index (χ0n) is 14.3. The van der Waals surface area contributed by atoms with Gasteiger partial charge in [-0.25, -0.2) is 4.98 Å². The van der Waals surface area contributed by atoms with Gasteiger partial charge in [-0.15, -0.1) is 11.3 Å². The highest BCUT2D eigenvalue weighted by molar-refractivity contribution is 7.11. The number of rotatable bonds is 6. The van der Waals surface area contributed by atoms with E-state index >= 15 is 0 Å². The molecule has 1 saturated heterocycles. The van der Waals surface area contributed by atoms with Crippen LogP contribution in [0.5, 0.6) is 0 Å². The van der Waals surface area contributed by atoms with E-state index in [4.69, 9.17) is 4.98 Å². The summed E-state index contributed by atoms with van der Waals surface area (Å²) in [6, 6.07) is 0.642. The van der Waals surface area contributed by atoms with Gasteiger partial charge in [-0.1, -0.05) is 27.2 Å². The number of nitrogens with zero attached hydrogens (tertiary/aromatic N) is 2. The van der Waals surface area contributed by atoms with Crippen molar-refractivity contribution in [3.63, 3.8) is 0 Å². The largest absolute Gasteiger partial charge is 0.311 e. The first kappa shape index (κ1) is 16.9. The van der Waals surface area contributed by atoms with E-state index in [1.807, 2.05) is 11.3 Å². The standard InChI is InChI=1S/C17H31N3S/c1-6-9-15-10-20(17(7-2,8-3)12-18-15)11-16-19-13(4)14(5)21-16/h15,18H,6-12H2,1-5H3. The second-order valence-electron chi connectivity index (χ2n) is 6.43. The summed E-state index contributed by atoms with van der Waals surface area (Å²) in [5, 5.41) is 5.07.